The van der Waals surface area contributed by atoms with Gasteiger partial charge in [-0.3, -0.25) is 14.5 Å². The number of hydrogen-bond acceptors (Lipinski definition) is 4. The van der Waals surface area contributed by atoms with Crippen LogP contribution in [0.4, 0.5) is 5.69 Å². The average molecular weight is 300 g/mol. The summed E-state index contributed by atoms with van der Waals surface area (Å²) < 4.78 is 7.53. The maximum atomic E-state index is 12.0. The number of amides is 1. The van der Waals surface area contributed by atoms with Crippen molar-refractivity contribution in [1.82, 2.24) is 14.8 Å². The van der Waals surface area contributed by atoms with E-state index in [-0.39, 0.29) is 12.0 Å². The molecule has 6 heteroatoms. The maximum Gasteiger partial charge on any atom is 0.228 e. The van der Waals surface area contributed by atoms with Crippen LogP contribution in [-0.2, 0) is 22.5 Å². The van der Waals surface area contributed by atoms with E-state index in [9.17, 15) is 4.79 Å². The molecular formula is C16H20N4O2. The van der Waals surface area contributed by atoms with Crippen LogP contribution in [0.25, 0.3) is 0 Å². The molecule has 116 valence electrons. The van der Waals surface area contributed by atoms with Gasteiger partial charge in [0.25, 0.3) is 0 Å². The minimum absolute atomic E-state index is 0.0681. The van der Waals surface area contributed by atoms with Gasteiger partial charge in [-0.1, -0.05) is 6.07 Å². The SMILES string of the molecule is O=C(Cc1cccnc1)Nc1cnn(C[C@@H]2CCCCO2)c1. The molecule has 0 unspecified atom stereocenters. The molecule has 2 aromatic heterocycles. The van der Waals surface area contributed by atoms with Gasteiger partial charge < -0.3 is 10.1 Å². The molecular weight excluding hydrogens is 280 g/mol. The standard InChI is InChI=1S/C16H20N4O2/c21-16(8-13-4-3-6-17-9-13)19-14-10-18-20(11-14)12-15-5-1-2-7-22-15/h3-4,6,9-11,15H,1-2,5,7-8,12H2,(H,19,21)/t15-/m0/s1. The van der Waals surface area contributed by atoms with Gasteiger partial charge in [-0.05, 0) is 30.9 Å². The monoisotopic (exact) mass is 300 g/mol. The number of nitrogens with one attached hydrogen (secondary N) is 1. The summed E-state index contributed by atoms with van der Waals surface area (Å²) in [7, 11) is 0. The third-order valence-corrected chi connectivity index (χ3v) is 3.67. The Morgan fingerprint density at radius 1 is 1.41 bits per heavy atom. The minimum atomic E-state index is -0.0681. The number of carbonyl (C=O) groups excluding carboxylic acids is 1. The zero-order valence-corrected chi connectivity index (χ0v) is 12.4. The summed E-state index contributed by atoms with van der Waals surface area (Å²) >= 11 is 0. The van der Waals surface area contributed by atoms with Crippen LogP contribution in [0.2, 0.25) is 0 Å². The Hall–Kier alpha value is -2.21. The maximum absolute atomic E-state index is 12.0. The first-order valence-corrected chi connectivity index (χ1v) is 7.62. The summed E-state index contributed by atoms with van der Waals surface area (Å²) in [4.78, 5) is 16.0. The lowest BCUT2D eigenvalue weighted by atomic mass is 10.1. The summed E-state index contributed by atoms with van der Waals surface area (Å²) in [5.74, 6) is -0.0681. The summed E-state index contributed by atoms with van der Waals surface area (Å²) in [5.41, 5.74) is 1.60. The van der Waals surface area contributed by atoms with Crippen LogP contribution in [-0.4, -0.2) is 33.4 Å². The molecule has 1 amide bonds. The predicted molar refractivity (Wildman–Crippen MR) is 82.4 cm³/mol. The van der Waals surface area contributed by atoms with Crippen LogP contribution in [0.5, 0.6) is 0 Å². The van der Waals surface area contributed by atoms with Gasteiger partial charge in [0.05, 0.1) is 31.0 Å². The van der Waals surface area contributed by atoms with Crippen molar-refractivity contribution in [3.05, 3.63) is 42.5 Å². The number of aromatic nitrogens is 3. The van der Waals surface area contributed by atoms with E-state index in [0.29, 0.717) is 12.1 Å². The zero-order chi connectivity index (χ0) is 15.2. The van der Waals surface area contributed by atoms with Crippen molar-refractivity contribution >= 4 is 11.6 Å². The number of hydrogen-bond donors (Lipinski definition) is 1. The highest BCUT2D eigenvalue weighted by molar-refractivity contribution is 5.91. The molecule has 1 fully saturated rings. The lowest BCUT2D eigenvalue weighted by Crippen LogP contribution is -2.24. The molecule has 1 saturated heterocycles. The second-order valence-electron chi connectivity index (χ2n) is 5.53. The van der Waals surface area contributed by atoms with E-state index in [0.717, 1.165) is 31.6 Å². The first-order chi connectivity index (χ1) is 10.8. The molecule has 6 nitrogen and oxygen atoms in total. The van der Waals surface area contributed by atoms with E-state index in [2.05, 4.69) is 15.4 Å². The molecule has 0 saturated carbocycles. The van der Waals surface area contributed by atoms with Crippen LogP contribution >= 0.6 is 0 Å². The van der Waals surface area contributed by atoms with Crippen LogP contribution in [0.15, 0.2) is 36.9 Å². The van der Waals surface area contributed by atoms with Gasteiger partial charge in [-0.15, -0.1) is 0 Å². The van der Waals surface area contributed by atoms with E-state index in [1.54, 1.807) is 18.6 Å². The van der Waals surface area contributed by atoms with Gasteiger partial charge in [0, 0.05) is 25.2 Å². The number of rotatable bonds is 5. The first-order valence-electron chi connectivity index (χ1n) is 7.62. The van der Waals surface area contributed by atoms with Crippen LogP contribution < -0.4 is 5.32 Å². The van der Waals surface area contributed by atoms with Crippen LogP contribution in [0.3, 0.4) is 0 Å². The van der Waals surface area contributed by atoms with E-state index >= 15 is 0 Å². The molecule has 0 aromatic carbocycles. The highest BCUT2D eigenvalue weighted by atomic mass is 16.5. The Labute approximate surface area is 129 Å². The Morgan fingerprint density at radius 3 is 3.14 bits per heavy atom. The summed E-state index contributed by atoms with van der Waals surface area (Å²) in [6, 6.07) is 3.71. The molecule has 22 heavy (non-hydrogen) atoms. The summed E-state index contributed by atoms with van der Waals surface area (Å²) in [6.45, 7) is 1.57. The van der Waals surface area contributed by atoms with Crippen molar-refractivity contribution in [2.24, 2.45) is 0 Å². The smallest absolute Gasteiger partial charge is 0.228 e. The molecule has 0 bridgehead atoms. The Balaban J connectivity index is 1.51. The number of nitrogens with zero attached hydrogens (tertiary/aromatic N) is 3. The Kier molecular flexibility index (Phi) is 4.80. The molecule has 1 N–H and O–H groups in total. The fourth-order valence-corrected chi connectivity index (χ4v) is 2.58. The third kappa shape index (κ3) is 4.14. The molecule has 1 atom stereocenters. The number of ether oxygens (including phenoxy) is 1. The third-order valence-electron chi connectivity index (χ3n) is 3.67. The molecule has 3 heterocycles. The largest absolute Gasteiger partial charge is 0.376 e. The molecule has 1 aliphatic rings. The normalized spacial score (nSPS) is 18.1. The van der Waals surface area contributed by atoms with E-state index < -0.39 is 0 Å². The van der Waals surface area contributed by atoms with Crippen LogP contribution in [0, 0.1) is 0 Å². The fraction of sp³-hybridized carbons (Fsp3) is 0.438. The van der Waals surface area contributed by atoms with Crippen molar-refractivity contribution in [3.8, 4) is 0 Å². The molecule has 0 radical (unpaired) electrons. The minimum Gasteiger partial charge on any atom is -0.376 e. The quantitative estimate of drug-likeness (QED) is 0.917. The molecule has 0 spiro atoms. The topological polar surface area (TPSA) is 69.0 Å². The zero-order valence-electron chi connectivity index (χ0n) is 12.4. The second-order valence-corrected chi connectivity index (χ2v) is 5.53. The van der Waals surface area contributed by atoms with Gasteiger partial charge >= 0.3 is 0 Å². The van der Waals surface area contributed by atoms with E-state index in [1.807, 2.05) is 23.0 Å². The summed E-state index contributed by atoms with van der Waals surface area (Å²) in [5, 5.41) is 7.14. The highest BCUT2D eigenvalue weighted by Gasteiger charge is 2.15. The van der Waals surface area contributed by atoms with Gasteiger partial charge in [0.2, 0.25) is 5.91 Å². The van der Waals surface area contributed by atoms with Crippen molar-refractivity contribution < 1.29 is 9.53 Å². The number of carbonyl (C=O) groups is 1. The fourth-order valence-electron chi connectivity index (χ4n) is 2.58. The lowest BCUT2D eigenvalue weighted by molar-refractivity contribution is -0.115. The molecule has 3 rings (SSSR count). The van der Waals surface area contributed by atoms with Crippen molar-refractivity contribution in [3.63, 3.8) is 0 Å². The molecule has 2 aromatic rings. The highest BCUT2D eigenvalue weighted by Crippen LogP contribution is 2.15. The number of anilines is 1. The Morgan fingerprint density at radius 2 is 2.36 bits per heavy atom. The molecule has 0 aliphatic carbocycles. The first kappa shape index (κ1) is 14.7. The Bertz CT molecular complexity index is 606. The van der Waals surface area contributed by atoms with E-state index in [4.69, 9.17) is 4.74 Å². The number of pyridine rings is 1. The van der Waals surface area contributed by atoms with Gasteiger partial charge in [-0.2, -0.15) is 5.10 Å². The average Bonchev–Trinajstić information content (AvgIpc) is 2.96. The van der Waals surface area contributed by atoms with Gasteiger partial charge in [0.1, 0.15) is 0 Å². The van der Waals surface area contributed by atoms with Crippen molar-refractivity contribution in [2.75, 3.05) is 11.9 Å². The second kappa shape index (κ2) is 7.17. The predicted octanol–water partition coefficient (Wildman–Crippen LogP) is 2.03. The summed E-state index contributed by atoms with van der Waals surface area (Å²) in [6.07, 6.45) is 10.9. The van der Waals surface area contributed by atoms with Crippen LogP contribution in [0.1, 0.15) is 24.8 Å². The molecule has 1 aliphatic heterocycles. The van der Waals surface area contributed by atoms with Crippen molar-refractivity contribution in [1.29, 1.82) is 0 Å². The van der Waals surface area contributed by atoms with Crippen molar-refractivity contribution in [2.45, 2.75) is 38.3 Å². The van der Waals surface area contributed by atoms with E-state index in [1.165, 1.54) is 6.42 Å². The lowest BCUT2D eigenvalue weighted by Gasteiger charge is -2.22. The van der Waals surface area contributed by atoms with Gasteiger partial charge in [-0.25, -0.2) is 0 Å². The van der Waals surface area contributed by atoms with Gasteiger partial charge in [0.15, 0.2) is 0 Å².